The van der Waals surface area contributed by atoms with Crippen LogP contribution in [-0.2, 0) is 0 Å². The first-order chi connectivity index (χ1) is 10.7. The van der Waals surface area contributed by atoms with Crippen molar-refractivity contribution >= 4 is 23.2 Å². The van der Waals surface area contributed by atoms with Crippen LogP contribution in [0, 0.1) is 12.3 Å². The van der Waals surface area contributed by atoms with Crippen LogP contribution in [0.5, 0.6) is 0 Å². The summed E-state index contributed by atoms with van der Waals surface area (Å²) in [5, 5.41) is 1.34. The van der Waals surface area contributed by atoms with Crippen molar-refractivity contribution in [3.63, 3.8) is 0 Å². The van der Waals surface area contributed by atoms with Crippen molar-refractivity contribution in [1.29, 1.82) is 0 Å². The minimum absolute atomic E-state index is 0.544. The quantitative estimate of drug-likeness (QED) is 0.613. The van der Waals surface area contributed by atoms with Gasteiger partial charge in [-0.2, -0.15) is 0 Å². The van der Waals surface area contributed by atoms with Gasteiger partial charge in [0, 0.05) is 27.4 Å². The molecular weight excluding hydrogens is 315 g/mol. The van der Waals surface area contributed by atoms with Gasteiger partial charge in [0.25, 0.3) is 0 Å². The standard InChI is InChI=1S/C18H10Cl2N2/c1-2-17-16(12-3-7-14(19)8-4-12)11-21-18(22-17)13-5-9-15(20)10-6-13/h1,3-11H. The van der Waals surface area contributed by atoms with Crippen LogP contribution in [0.3, 0.4) is 0 Å². The van der Waals surface area contributed by atoms with Crippen LogP contribution in [0.2, 0.25) is 10.0 Å². The van der Waals surface area contributed by atoms with E-state index in [1.807, 2.05) is 36.4 Å². The van der Waals surface area contributed by atoms with Crippen LogP contribution in [0.15, 0.2) is 54.7 Å². The van der Waals surface area contributed by atoms with Crippen molar-refractivity contribution in [2.45, 2.75) is 0 Å². The first kappa shape index (κ1) is 14.6. The van der Waals surface area contributed by atoms with E-state index in [1.165, 1.54) is 0 Å². The minimum Gasteiger partial charge on any atom is -0.236 e. The number of benzene rings is 2. The molecule has 0 fully saturated rings. The van der Waals surface area contributed by atoms with Gasteiger partial charge >= 0.3 is 0 Å². The highest BCUT2D eigenvalue weighted by molar-refractivity contribution is 6.30. The highest BCUT2D eigenvalue weighted by atomic mass is 35.5. The molecule has 2 nitrogen and oxygen atoms in total. The summed E-state index contributed by atoms with van der Waals surface area (Å²) in [6, 6.07) is 14.7. The third-order valence-electron chi connectivity index (χ3n) is 3.18. The third-order valence-corrected chi connectivity index (χ3v) is 3.69. The summed E-state index contributed by atoms with van der Waals surface area (Å²) in [5.41, 5.74) is 3.14. The molecule has 1 heterocycles. The van der Waals surface area contributed by atoms with Crippen LogP contribution in [-0.4, -0.2) is 9.97 Å². The zero-order valence-electron chi connectivity index (χ0n) is 11.4. The molecule has 0 saturated heterocycles. The van der Waals surface area contributed by atoms with Gasteiger partial charge in [0.05, 0.1) is 0 Å². The van der Waals surface area contributed by atoms with Crippen LogP contribution in [0.4, 0.5) is 0 Å². The molecule has 0 atom stereocenters. The molecule has 22 heavy (non-hydrogen) atoms. The number of aromatic nitrogens is 2. The number of nitrogens with zero attached hydrogens (tertiary/aromatic N) is 2. The van der Waals surface area contributed by atoms with Gasteiger partial charge in [-0.3, -0.25) is 0 Å². The molecule has 0 radical (unpaired) electrons. The molecule has 0 saturated carbocycles. The van der Waals surface area contributed by atoms with E-state index in [2.05, 4.69) is 15.9 Å². The van der Waals surface area contributed by atoms with Crippen molar-refractivity contribution in [1.82, 2.24) is 9.97 Å². The molecular formula is C18H10Cl2N2. The Bertz CT molecular complexity index is 848. The Morgan fingerprint density at radius 1 is 0.818 bits per heavy atom. The van der Waals surface area contributed by atoms with Crippen molar-refractivity contribution < 1.29 is 0 Å². The third kappa shape index (κ3) is 2.96. The lowest BCUT2D eigenvalue weighted by molar-refractivity contribution is 1.16. The maximum absolute atomic E-state index is 5.91. The largest absolute Gasteiger partial charge is 0.236 e. The second-order valence-electron chi connectivity index (χ2n) is 4.61. The summed E-state index contributed by atoms with van der Waals surface area (Å²) in [6.07, 6.45) is 7.33. The fourth-order valence-corrected chi connectivity index (χ4v) is 2.32. The van der Waals surface area contributed by atoms with Crippen molar-refractivity contribution in [2.24, 2.45) is 0 Å². The summed E-state index contributed by atoms with van der Waals surface area (Å²) in [6.45, 7) is 0. The maximum atomic E-state index is 5.91. The van der Waals surface area contributed by atoms with Crippen LogP contribution < -0.4 is 0 Å². The Labute approximate surface area is 138 Å². The summed E-state index contributed by atoms with van der Waals surface area (Å²) in [4.78, 5) is 8.87. The van der Waals surface area contributed by atoms with Gasteiger partial charge in [-0.25, -0.2) is 9.97 Å². The first-order valence-corrected chi connectivity index (χ1v) is 7.28. The average molecular weight is 325 g/mol. The molecule has 0 aliphatic heterocycles. The predicted octanol–water partition coefficient (Wildman–Crippen LogP) is 5.10. The summed E-state index contributed by atoms with van der Waals surface area (Å²) in [5.74, 6) is 3.19. The monoisotopic (exact) mass is 324 g/mol. The van der Waals surface area contributed by atoms with E-state index in [0.29, 0.717) is 21.6 Å². The van der Waals surface area contributed by atoms with E-state index in [4.69, 9.17) is 29.6 Å². The second-order valence-corrected chi connectivity index (χ2v) is 5.49. The smallest absolute Gasteiger partial charge is 0.160 e. The van der Waals surface area contributed by atoms with Gasteiger partial charge in [0.1, 0.15) is 5.69 Å². The van der Waals surface area contributed by atoms with Crippen molar-refractivity contribution in [3.8, 4) is 34.9 Å². The van der Waals surface area contributed by atoms with Crippen molar-refractivity contribution in [3.05, 3.63) is 70.5 Å². The molecule has 0 unspecified atom stereocenters. The van der Waals surface area contributed by atoms with Crippen LogP contribution in [0.1, 0.15) is 5.69 Å². The van der Waals surface area contributed by atoms with E-state index < -0.39 is 0 Å². The Morgan fingerprint density at radius 3 is 1.91 bits per heavy atom. The Hall–Kier alpha value is -2.34. The van der Waals surface area contributed by atoms with Gasteiger partial charge in [-0.1, -0.05) is 35.3 Å². The Kier molecular flexibility index (Phi) is 4.11. The SMILES string of the molecule is C#Cc1nc(-c2ccc(Cl)cc2)ncc1-c1ccc(Cl)cc1. The molecule has 3 aromatic rings. The average Bonchev–Trinajstić information content (AvgIpc) is 2.56. The minimum atomic E-state index is 0.544. The van der Waals surface area contributed by atoms with Gasteiger partial charge in [0.15, 0.2) is 5.82 Å². The van der Waals surface area contributed by atoms with E-state index in [1.54, 1.807) is 18.3 Å². The molecule has 0 bridgehead atoms. The molecule has 4 heteroatoms. The fourth-order valence-electron chi connectivity index (χ4n) is 2.07. The Morgan fingerprint density at radius 2 is 1.36 bits per heavy atom. The van der Waals surface area contributed by atoms with E-state index in [0.717, 1.165) is 16.7 Å². The van der Waals surface area contributed by atoms with Gasteiger partial charge < -0.3 is 0 Å². The van der Waals surface area contributed by atoms with E-state index in [-0.39, 0.29) is 0 Å². The number of terminal acetylenes is 1. The fraction of sp³-hybridized carbons (Fsp3) is 0. The predicted molar refractivity (Wildman–Crippen MR) is 90.9 cm³/mol. The lowest BCUT2D eigenvalue weighted by Crippen LogP contribution is -1.95. The molecule has 1 aromatic heterocycles. The first-order valence-electron chi connectivity index (χ1n) is 6.53. The maximum Gasteiger partial charge on any atom is 0.160 e. The Balaban J connectivity index is 2.06. The molecule has 0 spiro atoms. The molecule has 0 N–H and O–H groups in total. The molecule has 106 valence electrons. The molecule has 0 aliphatic carbocycles. The number of hydrogen-bond donors (Lipinski definition) is 0. The van der Waals surface area contributed by atoms with Crippen molar-refractivity contribution in [2.75, 3.05) is 0 Å². The topological polar surface area (TPSA) is 25.8 Å². The van der Waals surface area contributed by atoms with Crippen LogP contribution >= 0.6 is 23.2 Å². The van der Waals surface area contributed by atoms with Crippen LogP contribution in [0.25, 0.3) is 22.5 Å². The zero-order chi connectivity index (χ0) is 15.5. The number of hydrogen-bond acceptors (Lipinski definition) is 2. The summed E-state index contributed by atoms with van der Waals surface area (Å²) >= 11 is 11.8. The summed E-state index contributed by atoms with van der Waals surface area (Å²) in [7, 11) is 0. The molecule has 0 aliphatic rings. The van der Waals surface area contributed by atoms with E-state index >= 15 is 0 Å². The van der Waals surface area contributed by atoms with E-state index in [9.17, 15) is 0 Å². The second kappa shape index (κ2) is 6.19. The zero-order valence-corrected chi connectivity index (χ0v) is 12.9. The summed E-state index contributed by atoms with van der Waals surface area (Å²) < 4.78 is 0. The highest BCUT2D eigenvalue weighted by Gasteiger charge is 2.09. The molecule has 0 amide bonds. The highest BCUT2D eigenvalue weighted by Crippen LogP contribution is 2.25. The number of halogens is 2. The molecule has 2 aromatic carbocycles. The lowest BCUT2D eigenvalue weighted by Gasteiger charge is -2.07. The van der Waals surface area contributed by atoms with Gasteiger partial charge in [-0.05, 0) is 47.9 Å². The lowest BCUT2D eigenvalue weighted by atomic mass is 10.1. The number of rotatable bonds is 2. The normalized spacial score (nSPS) is 10.2. The molecule has 3 rings (SSSR count). The van der Waals surface area contributed by atoms with Gasteiger partial charge in [0.2, 0.25) is 0 Å². The van der Waals surface area contributed by atoms with Gasteiger partial charge in [-0.15, -0.1) is 6.42 Å².